The number of hydrogen-bond donors (Lipinski definition) is 0. The highest BCUT2D eigenvalue weighted by atomic mass is 35.5. The molecule has 0 fully saturated rings. The molecule has 0 bridgehead atoms. The van der Waals surface area contributed by atoms with E-state index in [1.165, 1.54) is 12.1 Å². The van der Waals surface area contributed by atoms with Gasteiger partial charge in [0, 0.05) is 35.5 Å². The van der Waals surface area contributed by atoms with Crippen molar-refractivity contribution >= 4 is 23.2 Å². The number of halogens is 3. The molecular weight excluding hydrogens is 386 g/mol. The Bertz CT molecular complexity index is 902. The lowest BCUT2D eigenvalue weighted by Gasteiger charge is -2.27. The van der Waals surface area contributed by atoms with Gasteiger partial charge in [0.25, 0.3) is 0 Å². The Morgan fingerprint density at radius 2 is 2.04 bits per heavy atom. The molecule has 0 radical (unpaired) electrons. The maximum Gasteiger partial charge on any atom is 0.225 e. The van der Waals surface area contributed by atoms with Crippen molar-refractivity contribution in [2.45, 2.75) is 32.9 Å². The van der Waals surface area contributed by atoms with Gasteiger partial charge in [-0.3, -0.25) is 4.79 Å². The van der Waals surface area contributed by atoms with Gasteiger partial charge in [0.2, 0.25) is 5.91 Å². The van der Waals surface area contributed by atoms with Crippen molar-refractivity contribution < 1.29 is 18.4 Å². The Morgan fingerprint density at radius 1 is 1.29 bits per heavy atom. The number of benzene rings is 2. The largest absolute Gasteiger partial charge is 0.390 e. The zero-order valence-corrected chi connectivity index (χ0v) is 16.4. The van der Waals surface area contributed by atoms with Crippen LogP contribution in [-0.4, -0.2) is 29.2 Å². The van der Waals surface area contributed by atoms with E-state index in [4.69, 9.17) is 16.4 Å². The molecule has 7 heteroatoms. The highest BCUT2D eigenvalue weighted by Gasteiger charge is 2.29. The van der Waals surface area contributed by atoms with E-state index < -0.39 is 17.7 Å². The summed E-state index contributed by atoms with van der Waals surface area (Å²) in [6.07, 6.45) is -0.0860. The van der Waals surface area contributed by atoms with Crippen molar-refractivity contribution in [1.82, 2.24) is 4.90 Å². The summed E-state index contributed by atoms with van der Waals surface area (Å²) in [6, 6.07) is 10.7. The van der Waals surface area contributed by atoms with Crippen LogP contribution in [0.5, 0.6) is 0 Å². The van der Waals surface area contributed by atoms with Gasteiger partial charge >= 0.3 is 0 Å². The van der Waals surface area contributed by atoms with Crippen LogP contribution in [0.25, 0.3) is 0 Å². The molecule has 0 unspecified atom stereocenters. The zero-order valence-electron chi connectivity index (χ0n) is 15.7. The van der Waals surface area contributed by atoms with Crippen LogP contribution >= 0.6 is 11.6 Å². The molecule has 2 aromatic rings. The fourth-order valence-electron chi connectivity index (χ4n) is 3.08. The van der Waals surface area contributed by atoms with Gasteiger partial charge in [0.1, 0.15) is 11.6 Å². The van der Waals surface area contributed by atoms with Crippen LogP contribution in [0.1, 0.15) is 31.4 Å². The second-order valence-corrected chi connectivity index (χ2v) is 7.47. The number of rotatable bonds is 6. The van der Waals surface area contributed by atoms with E-state index in [1.54, 1.807) is 11.0 Å². The molecule has 0 spiro atoms. The molecule has 148 valence electrons. The average molecular weight is 407 g/mol. The standard InChI is InChI=1S/C21H21ClF2N2O2/c1-13(2)21(27)26(11-14-5-3-4-6-18(14)22)12-16-10-20(25-28-16)17-8-7-15(23)9-19(17)24/h3-9,13,16H,10-12H2,1-2H3/t16-/m1/s1. The molecule has 3 rings (SSSR count). The molecule has 4 nitrogen and oxygen atoms in total. The fraction of sp³-hybridized carbons (Fsp3) is 0.333. The molecule has 28 heavy (non-hydrogen) atoms. The second kappa shape index (κ2) is 8.69. The number of oxime groups is 1. The fourth-order valence-corrected chi connectivity index (χ4v) is 3.28. The van der Waals surface area contributed by atoms with Crippen LogP contribution in [-0.2, 0) is 16.2 Å². The number of nitrogens with zero attached hydrogens (tertiary/aromatic N) is 2. The first-order valence-corrected chi connectivity index (χ1v) is 9.43. The summed E-state index contributed by atoms with van der Waals surface area (Å²) in [5.41, 5.74) is 1.44. The molecular formula is C21H21ClF2N2O2. The molecule has 1 aliphatic heterocycles. The van der Waals surface area contributed by atoms with Gasteiger partial charge in [-0.25, -0.2) is 8.78 Å². The van der Waals surface area contributed by atoms with E-state index in [1.807, 2.05) is 32.0 Å². The van der Waals surface area contributed by atoms with Crippen molar-refractivity contribution in [3.8, 4) is 0 Å². The van der Waals surface area contributed by atoms with Gasteiger partial charge in [-0.05, 0) is 23.8 Å². The number of hydrogen-bond acceptors (Lipinski definition) is 3. The van der Waals surface area contributed by atoms with Crippen molar-refractivity contribution in [1.29, 1.82) is 0 Å². The molecule has 1 aliphatic rings. The Morgan fingerprint density at radius 3 is 2.71 bits per heavy atom. The summed E-state index contributed by atoms with van der Waals surface area (Å²) in [5.74, 6) is -1.57. The average Bonchev–Trinajstić information content (AvgIpc) is 3.10. The minimum Gasteiger partial charge on any atom is -0.390 e. The van der Waals surface area contributed by atoms with Gasteiger partial charge in [0.05, 0.1) is 12.3 Å². The highest BCUT2D eigenvalue weighted by Crippen LogP contribution is 2.23. The third-order valence-electron chi connectivity index (χ3n) is 4.52. The molecule has 1 heterocycles. The van der Waals surface area contributed by atoms with Crippen LogP contribution in [0.15, 0.2) is 47.6 Å². The minimum atomic E-state index is -0.686. The third-order valence-corrected chi connectivity index (χ3v) is 4.89. The normalized spacial score (nSPS) is 16.1. The molecule has 2 aromatic carbocycles. The van der Waals surface area contributed by atoms with Gasteiger partial charge in [-0.1, -0.05) is 48.8 Å². The van der Waals surface area contributed by atoms with Gasteiger partial charge in [-0.2, -0.15) is 0 Å². The molecule has 1 atom stereocenters. The van der Waals surface area contributed by atoms with Crippen molar-refractivity contribution in [3.05, 3.63) is 70.2 Å². The monoisotopic (exact) mass is 406 g/mol. The van der Waals surface area contributed by atoms with Crippen molar-refractivity contribution in [3.63, 3.8) is 0 Å². The number of amides is 1. The molecule has 0 aromatic heterocycles. The number of carbonyl (C=O) groups excluding carboxylic acids is 1. The van der Waals surface area contributed by atoms with Crippen LogP contribution in [0.2, 0.25) is 5.02 Å². The highest BCUT2D eigenvalue weighted by molar-refractivity contribution is 6.31. The van der Waals surface area contributed by atoms with E-state index in [2.05, 4.69) is 5.16 Å². The van der Waals surface area contributed by atoms with E-state index in [0.29, 0.717) is 23.7 Å². The quantitative estimate of drug-likeness (QED) is 0.691. The first-order valence-electron chi connectivity index (χ1n) is 9.05. The Hall–Kier alpha value is -2.47. The zero-order chi connectivity index (χ0) is 20.3. The molecule has 0 saturated carbocycles. The minimum absolute atomic E-state index is 0.0371. The van der Waals surface area contributed by atoms with Crippen LogP contribution in [0, 0.1) is 17.6 Å². The van der Waals surface area contributed by atoms with Crippen LogP contribution < -0.4 is 0 Å². The van der Waals surface area contributed by atoms with E-state index in [9.17, 15) is 13.6 Å². The Balaban J connectivity index is 1.72. The SMILES string of the molecule is CC(C)C(=O)N(Cc1ccccc1Cl)C[C@H]1CC(c2ccc(F)cc2F)=NO1. The first-order chi connectivity index (χ1) is 13.3. The van der Waals surface area contributed by atoms with E-state index >= 15 is 0 Å². The van der Waals surface area contributed by atoms with Crippen LogP contribution in [0.3, 0.4) is 0 Å². The summed E-state index contributed by atoms with van der Waals surface area (Å²) in [5, 5.41) is 4.53. The van der Waals surface area contributed by atoms with E-state index in [0.717, 1.165) is 11.6 Å². The smallest absolute Gasteiger partial charge is 0.225 e. The second-order valence-electron chi connectivity index (χ2n) is 7.06. The predicted octanol–water partition coefficient (Wildman–Crippen LogP) is 4.80. The van der Waals surface area contributed by atoms with Gasteiger partial charge < -0.3 is 9.74 Å². The van der Waals surface area contributed by atoms with E-state index in [-0.39, 0.29) is 23.9 Å². The maximum absolute atomic E-state index is 14.0. The first kappa shape index (κ1) is 20.3. The Kier molecular flexibility index (Phi) is 6.29. The third kappa shape index (κ3) is 4.68. The van der Waals surface area contributed by atoms with Crippen molar-refractivity contribution in [2.75, 3.05) is 6.54 Å². The Labute approximate surface area is 167 Å². The van der Waals surface area contributed by atoms with Gasteiger partial charge in [0.15, 0.2) is 6.10 Å². The summed E-state index contributed by atoms with van der Waals surface area (Å²) in [4.78, 5) is 19.8. The van der Waals surface area contributed by atoms with Gasteiger partial charge in [-0.15, -0.1) is 0 Å². The maximum atomic E-state index is 14.0. The molecule has 1 amide bonds. The topological polar surface area (TPSA) is 41.9 Å². The lowest BCUT2D eigenvalue weighted by atomic mass is 10.0. The molecule has 0 N–H and O–H groups in total. The van der Waals surface area contributed by atoms with Crippen LogP contribution in [0.4, 0.5) is 8.78 Å². The molecule has 0 saturated heterocycles. The molecule has 0 aliphatic carbocycles. The predicted molar refractivity (Wildman–Crippen MR) is 104 cm³/mol. The lowest BCUT2D eigenvalue weighted by Crippen LogP contribution is -2.39. The summed E-state index contributed by atoms with van der Waals surface area (Å²) in [6.45, 7) is 4.29. The number of carbonyl (C=O) groups is 1. The summed E-state index contributed by atoms with van der Waals surface area (Å²) < 4.78 is 27.1. The summed E-state index contributed by atoms with van der Waals surface area (Å²) in [7, 11) is 0. The van der Waals surface area contributed by atoms with Crippen molar-refractivity contribution in [2.24, 2.45) is 11.1 Å². The summed E-state index contributed by atoms with van der Waals surface area (Å²) >= 11 is 6.24. The lowest BCUT2D eigenvalue weighted by molar-refractivity contribution is -0.136.